The summed E-state index contributed by atoms with van der Waals surface area (Å²) in [6.45, 7) is 6.35. The van der Waals surface area contributed by atoms with E-state index in [0.717, 1.165) is 49.8 Å². The van der Waals surface area contributed by atoms with Crippen molar-refractivity contribution in [1.29, 1.82) is 0 Å². The fourth-order valence-electron chi connectivity index (χ4n) is 2.37. The summed E-state index contributed by atoms with van der Waals surface area (Å²) in [5, 5.41) is 0. The first-order valence-corrected chi connectivity index (χ1v) is 6.95. The van der Waals surface area contributed by atoms with Crippen molar-refractivity contribution in [2.24, 2.45) is 5.73 Å². The summed E-state index contributed by atoms with van der Waals surface area (Å²) >= 11 is 0. The second kappa shape index (κ2) is 7.14. The molecule has 0 aliphatic heterocycles. The molecule has 100 valence electrons. The molecule has 0 aromatic carbocycles. The van der Waals surface area contributed by atoms with Crippen molar-refractivity contribution in [2.75, 3.05) is 0 Å². The molecular weight excluding hydrogens is 224 g/mol. The number of primary amides is 1. The smallest absolute Gasteiger partial charge is 0.250 e. The van der Waals surface area contributed by atoms with E-state index < -0.39 is 0 Å². The van der Waals surface area contributed by atoms with Crippen molar-refractivity contribution in [3.63, 3.8) is 0 Å². The van der Waals surface area contributed by atoms with Gasteiger partial charge in [-0.05, 0) is 30.4 Å². The van der Waals surface area contributed by atoms with Gasteiger partial charge in [0.1, 0.15) is 0 Å². The van der Waals surface area contributed by atoms with Gasteiger partial charge < -0.3 is 5.73 Å². The minimum atomic E-state index is -0.327. The Labute approximate surface area is 110 Å². The van der Waals surface area contributed by atoms with Crippen LogP contribution in [0.1, 0.15) is 67.2 Å². The van der Waals surface area contributed by atoms with Crippen molar-refractivity contribution < 1.29 is 4.79 Å². The van der Waals surface area contributed by atoms with E-state index in [1.807, 2.05) is 6.20 Å². The van der Waals surface area contributed by atoms with E-state index in [0.29, 0.717) is 5.56 Å². The first-order valence-electron chi connectivity index (χ1n) is 6.95. The number of aromatic nitrogens is 1. The summed E-state index contributed by atoms with van der Waals surface area (Å²) < 4.78 is 0. The third-order valence-corrected chi connectivity index (χ3v) is 3.11. The van der Waals surface area contributed by atoms with E-state index in [4.69, 9.17) is 5.73 Å². The van der Waals surface area contributed by atoms with Gasteiger partial charge in [-0.1, -0.05) is 40.0 Å². The van der Waals surface area contributed by atoms with Gasteiger partial charge >= 0.3 is 0 Å². The number of carbonyl (C=O) groups is 1. The molecule has 0 fully saturated rings. The van der Waals surface area contributed by atoms with Crippen LogP contribution in [0.4, 0.5) is 0 Å². The lowest BCUT2D eigenvalue weighted by Gasteiger charge is -2.15. The highest BCUT2D eigenvalue weighted by Crippen LogP contribution is 2.21. The molecule has 18 heavy (non-hydrogen) atoms. The van der Waals surface area contributed by atoms with Crippen LogP contribution in [0.5, 0.6) is 0 Å². The number of pyridine rings is 1. The van der Waals surface area contributed by atoms with Gasteiger partial charge in [0.2, 0.25) is 0 Å². The van der Waals surface area contributed by atoms with Gasteiger partial charge in [-0.2, -0.15) is 0 Å². The topological polar surface area (TPSA) is 56.0 Å². The summed E-state index contributed by atoms with van der Waals surface area (Å²) in [5.41, 5.74) is 9.43. The Morgan fingerprint density at radius 1 is 1.11 bits per heavy atom. The fourth-order valence-corrected chi connectivity index (χ4v) is 2.37. The maximum Gasteiger partial charge on any atom is 0.250 e. The quantitative estimate of drug-likeness (QED) is 0.806. The number of rotatable bonds is 7. The molecular formula is C15H24N2O. The Hall–Kier alpha value is -1.38. The van der Waals surface area contributed by atoms with Crippen molar-refractivity contribution in [3.05, 3.63) is 28.6 Å². The zero-order valence-corrected chi connectivity index (χ0v) is 11.8. The maximum absolute atomic E-state index is 11.7. The molecule has 0 bridgehead atoms. The lowest BCUT2D eigenvalue weighted by molar-refractivity contribution is 0.0998. The predicted molar refractivity (Wildman–Crippen MR) is 74.7 cm³/mol. The van der Waals surface area contributed by atoms with Crippen LogP contribution in [0.2, 0.25) is 0 Å². The Balaban J connectivity index is 3.33. The lowest BCUT2D eigenvalue weighted by Crippen LogP contribution is -2.19. The zero-order valence-electron chi connectivity index (χ0n) is 11.8. The highest BCUT2D eigenvalue weighted by Gasteiger charge is 2.17. The molecule has 0 aliphatic carbocycles. The monoisotopic (exact) mass is 248 g/mol. The van der Waals surface area contributed by atoms with Gasteiger partial charge in [-0.3, -0.25) is 9.78 Å². The molecule has 1 amide bonds. The average Bonchev–Trinajstić information content (AvgIpc) is 2.33. The molecule has 0 radical (unpaired) electrons. The van der Waals surface area contributed by atoms with Gasteiger partial charge in [0.15, 0.2) is 0 Å². The number of carbonyl (C=O) groups excluding carboxylic acids is 1. The summed E-state index contributed by atoms with van der Waals surface area (Å²) in [6, 6.07) is 0. The van der Waals surface area contributed by atoms with E-state index in [-0.39, 0.29) is 5.91 Å². The standard InChI is InChI=1S/C15H24N2O/c1-4-7-11-10-17-13(9-6-3)14(15(16)18)12(11)8-5-2/h10H,4-9H2,1-3H3,(H2,16,18). The predicted octanol–water partition coefficient (Wildman–Crippen LogP) is 3.04. The van der Waals surface area contributed by atoms with Crippen molar-refractivity contribution in [3.8, 4) is 0 Å². The zero-order chi connectivity index (χ0) is 13.5. The van der Waals surface area contributed by atoms with Gasteiger partial charge in [0.05, 0.1) is 11.3 Å². The fraction of sp³-hybridized carbons (Fsp3) is 0.600. The molecule has 1 rings (SSSR count). The Bertz CT molecular complexity index is 413. The van der Waals surface area contributed by atoms with Gasteiger partial charge in [0, 0.05) is 6.20 Å². The van der Waals surface area contributed by atoms with Crippen LogP contribution in [0.15, 0.2) is 6.20 Å². The minimum absolute atomic E-state index is 0.327. The van der Waals surface area contributed by atoms with Crippen LogP contribution in [0.3, 0.4) is 0 Å². The summed E-state index contributed by atoms with van der Waals surface area (Å²) in [5.74, 6) is -0.327. The number of hydrogen-bond donors (Lipinski definition) is 1. The van der Waals surface area contributed by atoms with Crippen LogP contribution < -0.4 is 5.73 Å². The molecule has 0 aliphatic rings. The molecule has 3 heteroatoms. The highest BCUT2D eigenvalue weighted by molar-refractivity contribution is 5.95. The van der Waals surface area contributed by atoms with Crippen molar-refractivity contribution in [1.82, 2.24) is 4.98 Å². The van der Waals surface area contributed by atoms with Crippen LogP contribution >= 0.6 is 0 Å². The average molecular weight is 248 g/mol. The van der Waals surface area contributed by atoms with E-state index >= 15 is 0 Å². The Morgan fingerprint density at radius 3 is 2.22 bits per heavy atom. The molecule has 1 aromatic heterocycles. The summed E-state index contributed by atoms with van der Waals surface area (Å²) in [7, 11) is 0. The molecule has 1 aromatic rings. The highest BCUT2D eigenvalue weighted by atomic mass is 16.1. The first-order chi connectivity index (χ1) is 8.65. The maximum atomic E-state index is 11.7. The number of nitrogens with zero attached hydrogens (tertiary/aromatic N) is 1. The number of hydrogen-bond acceptors (Lipinski definition) is 2. The summed E-state index contributed by atoms with van der Waals surface area (Å²) in [6.07, 6.45) is 7.69. The molecule has 0 atom stereocenters. The minimum Gasteiger partial charge on any atom is -0.366 e. The lowest BCUT2D eigenvalue weighted by atomic mass is 9.93. The number of amides is 1. The van der Waals surface area contributed by atoms with Gasteiger partial charge in [-0.25, -0.2) is 0 Å². The number of aryl methyl sites for hydroxylation is 2. The van der Waals surface area contributed by atoms with Crippen LogP contribution in [-0.2, 0) is 19.3 Å². The third kappa shape index (κ3) is 3.31. The largest absolute Gasteiger partial charge is 0.366 e. The van der Waals surface area contributed by atoms with Crippen LogP contribution in [0, 0.1) is 0 Å². The van der Waals surface area contributed by atoms with E-state index in [9.17, 15) is 4.79 Å². The van der Waals surface area contributed by atoms with Gasteiger partial charge in [-0.15, -0.1) is 0 Å². The molecule has 0 unspecified atom stereocenters. The molecule has 0 spiro atoms. The SMILES string of the molecule is CCCc1cnc(CCC)c(C(N)=O)c1CCC. The van der Waals surface area contributed by atoms with Gasteiger partial charge in [0.25, 0.3) is 5.91 Å². The molecule has 3 nitrogen and oxygen atoms in total. The van der Waals surface area contributed by atoms with Crippen LogP contribution in [-0.4, -0.2) is 10.9 Å². The van der Waals surface area contributed by atoms with E-state index in [2.05, 4.69) is 25.8 Å². The summed E-state index contributed by atoms with van der Waals surface area (Å²) in [4.78, 5) is 16.2. The molecule has 0 saturated heterocycles. The second-order valence-corrected chi connectivity index (χ2v) is 4.70. The normalized spacial score (nSPS) is 10.6. The Kier molecular flexibility index (Phi) is 5.83. The van der Waals surface area contributed by atoms with E-state index in [1.54, 1.807) is 0 Å². The second-order valence-electron chi connectivity index (χ2n) is 4.70. The van der Waals surface area contributed by atoms with Crippen molar-refractivity contribution >= 4 is 5.91 Å². The van der Waals surface area contributed by atoms with Crippen LogP contribution in [0.25, 0.3) is 0 Å². The number of nitrogens with two attached hydrogens (primary N) is 1. The van der Waals surface area contributed by atoms with Crippen molar-refractivity contribution in [2.45, 2.75) is 59.3 Å². The first kappa shape index (κ1) is 14.7. The molecule has 1 heterocycles. The van der Waals surface area contributed by atoms with E-state index in [1.165, 1.54) is 5.56 Å². The molecule has 0 saturated carbocycles. The molecule has 2 N–H and O–H groups in total. The Morgan fingerprint density at radius 2 is 1.72 bits per heavy atom. The third-order valence-electron chi connectivity index (χ3n) is 3.11.